The first-order valence-corrected chi connectivity index (χ1v) is 2.86. The molecule has 0 aromatic carbocycles. The second-order valence-electron chi connectivity index (χ2n) is 0.499. The van der Waals surface area contributed by atoms with E-state index in [-0.39, 0.29) is 0 Å². The van der Waals surface area contributed by atoms with Gasteiger partial charge in [0.1, 0.15) is 5.01 Å². The summed E-state index contributed by atoms with van der Waals surface area (Å²) in [6, 6.07) is 0. The van der Waals surface area contributed by atoms with Crippen molar-refractivity contribution in [2.24, 2.45) is 0 Å². The van der Waals surface area contributed by atoms with E-state index in [9.17, 15) is 0 Å². The second-order valence-corrected chi connectivity index (χ2v) is 1.97. The standard InChI is InChI=1S/C2H3Br2O/c3-1-2(4)5/h1-2,5H. The molecule has 0 bridgehead atoms. The normalized spacial score (nSPS) is 15.0. The second kappa shape index (κ2) is 3.12. The summed E-state index contributed by atoms with van der Waals surface area (Å²) in [7, 11) is 0. The molecular formula is C2H3Br2O. The lowest BCUT2D eigenvalue weighted by atomic mass is 10.9. The average Bonchev–Trinajstić information content (AvgIpc) is 1.38. The molecule has 5 heavy (non-hydrogen) atoms. The summed E-state index contributed by atoms with van der Waals surface area (Å²) in [5.41, 5.74) is 0. The van der Waals surface area contributed by atoms with Crippen molar-refractivity contribution in [3.8, 4) is 0 Å². The van der Waals surface area contributed by atoms with Crippen molar-refractivity contribution in [1.82, 2.24) is 0 Å². The van der Waals surface area contributed by atoms with E-state index < -0.39 is 5.01 Å². The third-order valence-corrected chi connectivity index (χ3v) is 1.58. The van der Waals surface area contributed by atoms with Gasteiger partial charge in [0.25, 0.3) is 0 Å². The molecule has 0 aliphatic rings. The highest BCUT2D eigenvalue weighted by Crippen LogP contribution is 2.02. The van der Waals surface area contributed by atoms with Crippen LogP contribution in [0.25, 0.3) is 0 Å². The highest BCUT2D eigenvalue weighted by Gasteiger charge is 1.87. The first kappa shape index (κ1) is 5.92. The van der Waals surface area contributed by atoms with Gasteiger partial charge < -0.3 is 5.11 Å². The van der Waals surface area contributed by atoms with Crippen LogP contribution in [0.1, 0.15) is 0 Å². The number of rotatable bonds is 1. The average molecular weight is 203 g/mol. The Morgan fingerprint density at radius 1 is 1.80 bits per heavy atom. The molecule has 0 saturated carbocycles. The van der Waals surface area contributed by atoms with Crippen molar-refractivity contribution in [2.75, 3.05) is 0 Å². The van der Waals surface area contributed by atoms with E-state index in [2.05, 4.69) is 31.9 Å². The maximum atomic E-state index is 8.18. The van der Waals surface area contributed by atoms with Gasteiger partial charge in [0.05, 0.1) is 5.33 Å². The van der Waals surface area contributed by atoms with Crippen LogP contribution in [-0.4, -0.2) is 10.1 Å². The van der Waals surface area contributed by atoms with Crippen LogP contribution in [0.2, 0.25) is 0 Å². The Labute approximate surface area is 47.6 Å². The van der Waals surface area contributed by atoms with Crippen molar-refractivity contribution < 1.29 is 5.11 Å². The van der Waals surface area contributed by atoms with Gasteiger partial charge in [-0.15, -0.1) is 0 Å². The molecule has 0 aliphatic heterocycles. The lowest BCUT2D eigenvalue weighted by Crippen LogP contribution is -1.85. The smallest absolute Gasteiger partial charge is 0.122 e. The fourth-order valence-corrected chi connectivity index (χ4v) is 0. The molecule has 1 radical (unpaired) electrons. The molecule has 31 valence electrons. The zero-order chi connectivity index (χ0) is 4.28. The third kappa shape index (κ3) is 4.92. The summed E-state index contributed by atoms with van der Waals surface area (Å²) < 4.78 is 0. The Morgan fingerprint density at radius 2 is 2.00 bits per heavy atom. The van der Waals surface area contributed by atoms with Crippen LogP contribution in [0.5, 0.6) is 0 Å². The van der Waals surface area contributed by atoms with Gasteiger partial charge in [-0.2, -0.15) is 0 Å². The summed E-state index contributed by atoms with van der Waals surface area (Å²) in [6.45, 7) is 0. The Balaban J connectivity index is 2.54. The van der Waals surface area contributed by atoms with Gasteiger partial charge in [-0.3, -0.25) is 0 Å². The van der Waals surface area contributed by atoms with E-state index in [4.69, 9.17) is 5.11 Å². The van der Waals surface area contributed by atoms with E-state index in [1.165, 1.54) is 5.33 Å². The van der Waals surface area contributed by atoms with Crippen molar-refractivity contribution >= 4 is 31.9 Å². The Bertz CT molecular complexity index is 21.6. The molecule has 1 atom stereocenters. The SMILES string of the molecule is OC(Br)[CH]Br. The van der Waals surface area contributed by atoms with E-state index in [0.717, 1.165) is 0 Å². The molecule has 0 fully saturated rings. The number of alkyl halides is 1. The molecule has 3 heteroatoms. The fraction of sp³-hybridized carbons (Fsp3) is 0.500. The molecule has 0 heterocycles. The van der Waals surface area contributed by atoms with E-state index in [0.29, 0.717) is 0 Å². The predicted molar refractivity (Wildman–Crippen MR) is 28.2 cm³/mol. The molecule has 0 rings (SSSR count). The van der Waals surface area contributed by atoms with Crippen LogP contribution in [0.3, 0.4) is 0 Å². The number of aliphatic hydroxyl groups is 1. The molecule has 0 aliphatic carbocycles. The van der Waals surface area contributed by atoms with Crippen LogP contribution in [0.15, 0.2) is 0 Å². The van der Waals surface area contributed by atoms with Gasteiger partial charge in [-0.05, 0) is 0 Å². The van der Waals surface area contributed by atoms with Crippen LogP contribution in [0.4, 0.5) is 0 Å². The predicted octanol–water partition coefficient (Wildman–Crippen LogP) is 1.26. The van der Waals surface area contributed by atoms with Crippen molar-refractivity contribution in [2.45, 2.75) is 5.01 Å². The quantitative estimate of drug-likeness (QED) is 0.635. The minimum Gasteiger partial charge on any atom is -0.381 e. The summed E-state index contributed by atoms with van der Waals surface area (Å²) in [6.07, 6.45) is 0. The molecule has 0 amide bonds. The largest absolute Gasteiger partial charge is 0.381 e. The minimum absolute atomic E-state index is 0.512. The van der Waals surface area contributed by atoms with Crippen molar-refractivity contribution in [1.29, 1.82) is 0 Å². The highest BCUT2D eigenvalue weighted by molar-refractivity contribution is 9.13. The fourth-order valence-electron chi connectivity index (χ4n) is 0. The molecule has 1 N–H and O–H groups in total. The maximum Gasteiger partial charge on any atom is 0.122 e. The van der Waals surface area contributed by atoms with E-state index in [1.54, 1.807) is 0 Å². The van der Waals surface area contributed by atoms with E-state index in [1.807, 2.05) is 0 Å². The molecule has 0 spiro atoms. The lowest BCUT2D eigenvalue weighted by molar-refractivity contribution is 0.311. The van der Waals surface area contributed by atoms with Gasteiger partial charge in [-0.1, -0.05) is 31.9 Å². The Kier molecular flexibility index (Phi) is 3.70. The number of halogens is 2. The summed E-state index contributed by atoms with van der Waals surface area (Å²) in [5, 5.41) is 9.12. The molecule has 1 nitrogen and oxygen atoms in total. The Hall–Kier alpha value is 0.920. The number of aliphatic hydroxyl groups excluding tert-OH is 1. The molecule has 0 aromatic heterocycles. The topological polar surface area (TPSA) is 20.2 Å². The van der Waals surface area contributed by atoms with Gasteiger partial charge in [-0.25, -0.2) is 0 Å². The van der Waals surface area contributed by atoms with Crippen LogP contribution < -0.4 is 0 Å². The van der Waals surface area contributed by atoms with Crippen molar-refractivity contribution in [3.05, 3.63) is 5.33 Å². The first-order chi connectivity index (χ1) is 2.27. The van der Waals surface area contributed by atoms with Crippen LogP contribution >= 0.6 is 31.9 Å². The number of hydrogen-bond acceptors (Lipinski definition) is 1. The van der Waals surface area contributed by atoms with Gasteiger partial charge in [0.2, 0.25) is 0 Å². The highest BCUT2D eigenvalue weighted by atomic mass is 79.9. The van der Waals surface area contributed by atoms with Gasteiger partial charge in [0, 0.05) is 0 Å². The molecule has 1 unspecified atom stereocenters. The Morgan fingerprint density at radius 3 is 2.00 bits per heavy atom. The zero-order valence-electron chi connectivity index (χ0n) is 2.36. The van der Waals surface area contributed by atoms with Crippen LogP contribution in [-0.2, 0) is 0 Å². The summed E-state index contributed by atoms with van der Waals surface area (Å²) >= 11 is 5.72. The summed E-state index contributed by atoms with van der Waals surface area (Å²) in [4.78, 5) is 0. The molecule has 0 saturated heterocycles. The minimum atomic E-state index is -0.512. The summed E-state index contributed by atoms with van der Waals surface area (Å²) in [5.74, 6) is 0. The molecule has 0 aromatic rings. The zero-order valence-corrected chi connectivity index (χ0v) is 5.53. The van der Waals surface area contributed by atoms with Crippen molar-refractivity contribution in [3.63, 3.8) is 0 Å². The first-order valence-electron chi connectivity index (χ1n) is 1.03. The third-order valence-electron chi connectivity index (χ3n) is 0.104. The van der Waals surface area contributed by atoms with Gasteiger partial charge in [0.15, 0.2) is 0 Å². The monoisotopic (exact) mass is 201 g/mol. The number of hydrogen-bond donors (Lipinski definition) is 1. The van der Waals surface area contributed by atoms with Gasteiger partial charge >= 0.3 is 0 Å². The van der Waals surface area contributed by atoms with E-state index >= 15 is 0 Å². The maximum absolute atomic E-state index is 8.18. The lowest BCUT2D eigenvalue weighted by Gasteiger charge is -1.85. The molecular weight excluding hydrogens is 200 g/mol. The van der Waals surface area contributed by atoms with Crippen LogP contribution in [0, 0.1) is 5.33 Å².